The SMILES string of the molecule is C=C(C)C(=O)O[Si](C)(OC(C)=O)OC(C)=O. The van der Waals surface area contributed by atoms with Gasteiger partial charge >= 0.3 is 14.8 Å². The molecule has 0 aliphatic heterocycles. The van der Waals surface area contributed by atoms with Gasteiger partial charge in [-0.3, -0.25) is 9.59 Å². The molecule has 0 radical (unpaired) electrons. The monoisotopic (exact) mass is 246 g/mol. The number of hydrogen-bond acceptors (Lipinski definition) is 6. The van der Waals surface area contributed by atoms with E-state index < -0.39 is 26.7 Å². The number of carbonyl (C=O) groups is 3. The topological polar surface area (TPSA) is 78.9 Å². The van der Waals surface area contributed by atoms with Crippen molar-refractivity contribution in [2.75, 3.05) is 0 Å². The third-order valence-electron chi connectivity index (χ3n) is 1.28. The van der Waals surface area contributed by atoms with Crippen molar-refractivity contribution in [2.24, 2.45) is 0 Å². The normalized spacial score (nSPS) is 10.2. The van der Waals surface area contributed by atoms with Crippen molar-refractivity contribution in [1.82, 2.24) is 0 Å². The molecule has 0 unspecified atom stereocenters. The molecule has 0 saturated heterocycles. The summed E-state index contributed by atoms with van der Waals surface area (Å²) in [5.74, 6) is -2.15. The summed E-state index contributed by atoms with van der Waals surface area (Å²) in [5, 5.41) is 0. The summed E-state index contributed by atoms with van der Waals surface area (Å²) in [4.78, 5) is 32.9. The Bertz CT molecular complexity index is 319. The molecule has 0 aliphatic rings. The van der Waals surface area contributed by atoms with Gasteiger partial charge in [0.05, 0.1) is 0 Å². The van der Waals surface area contributed by atoms with Crippen molar-refractivity contribution in [3.63, 3.8) is 0 Å². The molecule has 0 saturated carbocycles. The Hall–Kier alpha value is -1.63. The molecular weight excluding hydrogens is 232 g/mol. The predicted octanol–water partition coefficient (Wildman–Crippen LogP) is 0.801. The lowest BCUT2D eigenvalue weighted by Crippen LogP contribution is -2.46. The summed E-state index contributed by atoms with van der Waals surface area (Å²) in [6.07, 6.45) is 0. The van der Waals surface area contributed by atoms with Crippen molar-refractivity contribution in [3.05, 3.63) is 12.2 Å². The zero-order valence-corrected chi connectivity index (χ0v) is 10.7. The Balaban J connectivity index is 4.78. The van der Waals surface area contributed by atoms with E-state index in [2.05, 4.69) is 6.58 Å². The van der Waals surface area contributed by atoms with E-state index in [1.54, 1.807) is 0 Å². The fourth-order valence-electron chi connectivity index (χ4n) is 0.840. The quantitative estimate of drug-likeness (QED) is 0.539. The van der Waals surface area contributed by atoms with Crippen molar-refractivity contribution < 1.29 is 27.7 Å². The first-order valence-corrected chi connectivity index (χ1v) is 6.67. The van der Waals surface area contributed by atoms with Gasteiger partial charge in [0.15, 0.2) is 0 Å². The summed E-state index contributed by atoms with van der Waals surface area (Å²) in [5.41, 5.74) is 0.123. The van der Waals surface area contributed by atoms with E-state index >= 15 is 0 Å². The minimum Gasteiger partial charge on any atom is -0.455 e. The molecule has 0 spiro atoms. The first kappa shape index (κ1) is 14.4. The van der Waals surface area contributed by atoms with Crippen LogP contribution in [0.3, 0.4) is 0 Å². The summed E-state index contributed by atoms with van der Waals surface area (Å²) >= 11 is 0. The Morgan fingerprint density at radius 1 is 0.938 bits per heavy atom. The van der Waals surface area contributed by atoms with E-state index in [0.29, 0.717) is 0 Å². The predicted molar refractivity (Wildman–Crippen MR) is 56.1 cm³/mol. The van der Waals surface area contributed by atoms with E-state index in [1.165, 1.54) is 13.5 Å². The van der Waals surface area contributed by atoms with E-state index in [-0.39, 0.29) is 5.57 Å². The van der Waals surface area contributed by atoms with E-state index in [1.807, 2.05) is 0 Å². The minimum absolute atomic E-state index is 0.123. The van der Waals surface area contributed by atoms with Gasteiger partial charge in [-0.15, -0.1) is 0 Å². The highest BCUT2D eigenvalue weighted by Crippen LogP contribution is 2.12. The smallest absolute Gasteiger partial charge is 0.455 e. The second kappa shape index (κ2) is 5.45. The molecule has 0 heterocycles. The number of carbonyl (C=O) groups excluding carboxylic acids is 3. The average molecular weight is 246 g/mol. The van der Waals surface area contributed by atoms with Crippen LogP contribution in [-0.4, -0.2) is 26.7 Å². The Morgan fingerprint density at radius 3 is 1.56 bits per heavy atom. The molecule has 0 aromatic heterocycles. The van der Waals surface area contributed by atoms with Crippen molar-refractivity contribution in [2.45, 2.75) is 27.3 Å². The van der Waals surface area contributed by atoms with Gasteiger partial charge in [0.1, 0.15) is 0 Å². The second-order valence-corrected chi connectivity index (χ2v) is 5.56. The van der Waals surface area contributed by atoms with E-state index in [0.717, 1.165) is 13.8 Å². The zero-order valence-electron chi connectivity index (χ0n) is 9.66. The molecule has 0 rings (SSSR count). The van der Waals surface area contributed by atoms with Gasteiger partial charge in [0.25, 0.3) is 11.9 Å². The molecule has 90 valence electrons. The molecule has 0 amide bonds. The first-order valence-electron chi connectivity index (χ1n) is 4.44. The largest absolute Gasteiger partial charge is 0.702 e. The van der Waals surface area contributed by atoms with Crippen LogP contribution in [0, 0.1) is 0 Å². The van der Waals surface area contributed by atoms with Gasteiger partial charge in [0.2, 0.25) is 0 Å². The van der Waals surface area contributed by atoms with Gasteiger partial charge in [-0.2, -0.15) is 0 Å². The molecule has 0 aromatic rings. The lowest BCUT2D eigenvalue weighted by molar-refractivity contribution is -0.146. The average Bonchev–Trinajstić information content (AvgIpc) is 1.98. The van der Waals surface area contributed by atoms with Gasteiger partial charge in [-0.25, -0.2) is 4.79 Å². The second-order valence-electron chi connectivity index (χ2n) is 3.22. The van der Waals surface area contributed by atoms with Crippen molar-refractivity contribution in [1.29, 1.82) is 0 Å². The summed E-state index contributed by atoms with van der Waals surface area (Å²) in [6, 6.07) is 0. The number of hydrogen-bond donors (Lipinski definition) is 0. The Kier molecular flexibility index (Phi) is 4.89. The summed E-state index contributed by atoms with van der Waals surface area (Å²) < 4.78 is 14.3. The van der Waals surface area contributed by atoms with Gasteiger partial charge in [-0.1, -0.05) is 6.58 Å². The highest BCUT2D eigenvalue weighted by atomic mass is 28.4. The lowest BCUT2D eigenvalue weighted by Gasteiger charge is -2.23. The maximum absolute atomic E-state index is 11.3. The van der Waals surface area contributed by atoms with Crippen LogP contribution in [0.15, 0.2) is 12.2 Å². The Labute approximate surface area is 94.5 Å². The molecule has 7 heteroatoms. The van der Waals surface area contributed by atoms with Crippen LogP contribution in [-0.2, 0) is 27.7 Å². The Morgan fingerprint density at radius 2 is 1.31 bits per heavy atom. The summed E-state index contributed by atoms with van der Waals surface area (Å²) in [6.45, 7) is 8.32. The van der Waals surface area contributed by atoms with Crippen LogP contribution < -0.4 is 0 Å². The van der Waals surface area contributed by atoms with E-state index in [4.69, 9.17) is 13.3 Å². The molecule has 0 fully saturated rings. The van der Waals surface area contributed by atoms with Crippen LogP contribution >= 0.6 is 0 Å². The molecule has 0 N–H and O–H groups in total. The molecule has 0 aliphatic carbocycles. The molecule has 0 aromatic carbocycles. The molecule has 0 bridgehead atoms. The maximum Gasteiger partial charge on any atom is 0.702 e. The van der Waals surface area contributed by atoms with Gasteiger partial charge < -0.3 is 13.3 Å². The van der Waals surface area contributed by atoms with Crippen LogP contribution in [0.5, 0.6) is 0 Å². The lowest BCUT2D eigenvalue weighted by atomic mass is 10.4. The van der Waals surface area contributed by atoms with Crippen LogP contribution in [0.2, 0.25) is 6.55 Å². The molecule has 16 heavy (non-hydrogen) atoms. The molecule has 6 nitrogen and oxygen atoms in total. The highest BCUT2D eigenvalue weighted by Gasteiger charge is 2.46. The molecule has 0 atom stereocenters. The van der Waals surface area contributed by atoms with E-state index in [9.17, 15) is 14.4 Å². The standard InChI is InChI=1S/C9H14O6Si/c1-6(2)9(12)15-16(5,13-7(3)10)14-8(4)11/h1H2,2-5H3. The first-order chi connectivity index (χ1) is 7.16. The zero-order chi connectivity index (χ0) is 12.9. The van der Waals surface area contributed by atoms with Crippen LogP contribution in [0.4, 0.5) is 0 Å². The third-order valence-corrected chi connectivity index (χ3v) is 3.16. The molecular formula is C9H14O6Si. The summed E-state index contributed by atoms with van der Waals surface area (Å²) in [7, 11) is -3.61. The highest BCUT2D eigenvalue weighted by molar-refractivity contribution is 6.64. The van der Waals surface area contributed by atoms with Crippen LogP contribution in [0.25, 0.3) is 0 Å². The van der Waals surface area contributed by atoms with Crippen molar-refractivity contribution in [3.8, 4) is 0 Å². The fourth-order valence-corrected chi connectivity index (χ4v) is 2.52. The maximum atomic E-state index is 11.3. The van der Waals surface area contributed by atoms with Gasteiger partial charge in [-0.05, 0) is 6.92 Å². The fraction of sp³-hybridized carbons (Fsp3) is 0.444. The van der Waals surface area contributed by atoms with Crippen LogP contribution in [0.1, 0.15) is 20.8 Å². The minimum atomic E-state index is -3.61. The van der Waals surface area contributed by atoms with Gasteiger partial charge in [0, 0.05) is 26.0 Å². The number of rotatable bonds is 4. The third kappa shape index (κ3) is 5.30. The van der Waals surface area contributed by atoms with Crippen molar-refractivity contribution >= 4 is 26.7 Å².